The van der Waals surface area contributed by atoms with E-state index in [9.17, 15) is 0 Å². The van der Waals surface area contributed by atoms with Crippen molar-refractivity contribution in [1.29, 1.82) is 0 Å². The molecule has 0 radical (unpaired) electrons. The smallest absolute Gasteiger partial charge is 0.0197 e. The molecule has 3 rings (SSSR count). The molecule has 1 aliphatic carbocycles. The van der Waals surface area contributed by atoms with Gasteiger partial charge in [0.1, 0.15) is 0 Å². The van der Waals surface area contributed by atoms with Crippen LogP contribution in [0.5, 0.6) is 0 Å². The molecule has 3 aliphatic rings. The molecule has 2 aliphatic heterocycles. The Morgan fingerprint density at radius 3 is 2.47 bits per heavy atom. The maximum absolute atomic E-state index is 3.69. The molecule has 0 amide bonds. The lowest BCUT2D eigenvalue weighted by atomic mass is 9.94. The molecule has 3 fully saturated rings. The Morgan fingerprint density at radius 2 is 1.82 bits per heavy atom. The van der Waals surface area contributed by atoms with Crippen molar-refractivity contribution in [3.05, 3.63) is 0 Å². The fourth-order valence-electron chi connectivity index (χ4n) is 3.42. The number of hydrogen-bond acceptors (Lipinski definition) is 3. The van der Waals surface area contributed by atoms with Gasteiger partial charge in [0.25, 0.3) is 0 Å². The highest BCUT2D eigenvalue weighted by Crippen LogP contribution is 2.27. The Bertz CT molecular complexity index is 244. The van der Waals surface area contributed by atoms with Gasteiger partial charge in [0.2, 0.25) is 0 Å². The largest absolute Gasteiger partial charge is 0.313 e. The SMILES string of the molecule is CC1CCNC(CN2CCN(C3CC3)CC2)C1. The molecule has 0 aromatic rings. The van der Waals surface area contributed by atoms with Gasteiger partial charge in [0.15, 0.2) is 0 Å². The van der Waals surface area contributed by atoms with E-state index >= 15 is 0 Å². The van der Waals surface area contributed by atoms with Gasteiger partial charge >= 0.3 is 0 Å². The molecule has 2 heterocycles. The van der Waals surface area contributed by atoms with E-state index in [4.69, 9.17) is 0 Å². The third-order valence-corrected chi connectivity index (χ3v) is 4.71. The average Bonchev–Trinajstić information content (AvgIpc) is 3.14. The molecule has 2 unspecified atom stereocenters. The first-order valence-corrected chi connectivity index (χ1v) is 7.51. The Balaban J connectivity index is 1.40. The van der Waals surface area contributed by atoms with E-state index in [1.807, 2.05) is 0 Å². The number of rotatable bonds is 3. The topological polar surface area (TPSA) is 18.5 Å². The molecule has 98 valence electrons. The highest BCUT2D eigenvalue weighted by Gasteiger charge is 2.31. The van der Waals surface area contributed by atoms with Crippen LogP contribution < -0.4 is 5.32 Å². The van der Waals surface area contributed by atoms with E-state index in [0.717, 1.165) is 18.0 Å². The molecule has 0 spiro atoms. The average molecular weight is 237 g/mol. The van der Waals surface area contributed by atoms with Gasteiger partial charge in [0.05, 0.1) is 0 Å². The van der Waals surface area contributed by atoms with E-state index in [1.54, 1.807) is 0 Å². The molecule has 0 aromatic carbocycles. The molecule has 2 atom stereocenters. The molecular formula is C14H27N3. The molecule has 0 bridgehead atoms. The van der Waals surface area contributed by atoms with Crippen LogP contribution in [0.15, 0.2) is 0 Å². The highest BCUT2D eigenvalue weighted by atomic mass is 15.3. The quantitative estimate of drug-likeness (QED) is 0.794. The second-order valence-electron chi connectivity index (χ2n) is 6.35. The Kier molecular flexibility index (Phi) is 3.69. The van der Waals surface area contributed by atoms with Gasteiger partial charge < -0.3 is 5.32 Å². The summed E-state index contributed by atoms with van der Waals surface area (Å²) in [5, 5.41) is 3.69. The van der Waals surface area contributed by atoms with Crippen molar-refractivity contribution in [1.82, 2.24) is 15.1 Å². The molecule has 1 N–H and O–H groups in total. The first-order valence-electron chi connectivity index (χ1n) is 7.51. The van der Waals surface area contributed by atoms with Crippen LogP contribution in [-0.4, -0.2) is 61.2 Å². The fourth-order valence-corrected chi connectivity index (χ4v) is 3.42. The summed E-state index contributed by atoms with van der Waals surface area (Å²) < 4.78 is 0. The molecule has 17 heavy (non-hydrogen) atoms. The van der Waals surface area contributed by atoms with Gasteiger partial charge in [-0.05, 0) is 38.1 Å². The molecule has 3 nitrogen and oxygen atoms in total. The predicted octanol–water partition coefficient (Wildman–Crippen LogP) is 1.15. The van der Waals surface area contributed by atoms with Crippen molar-refractivity contribution >= 4 is 0 Å². The third-order valence-electron chi connectivity index (χ3n) is 4.71. The van der Waals surface area contributed by atoms with Gasteiger partial charge in [-0.1, -0.05) is 6.92 Å². The Morgan fingerprint density at radius 1 is 1.06 bits per heavy atom. The number of nitrogens with zero attached hydrogens (tertiary/aromatic N) is 2. The highest BCUT2D eigenvalue weighted by molar-refractivity contribution is 4.88. The van der Waals surface area contributed by atoms with E-state index in [-0.39, 0.29) is 0 Å². The van der Waals surface area contributed by atoms with Gasteiger partial charge in [-0.3, -0.25) is 9.80 Å². The zero-order valence-electron chi connectivity index (χ0n) is 11.2. The Hall–Kier alpha value is -0.120. The minimum Gasteiger partial charge on any atom is -0.313 e. The summed E-state index contributed by atoms with van der Waals surface area (Å²) in [6.45, 7) is 10.1. The second-order valence-corrected chi connectivity index (χ2v) is 6.35. The van der Waals surface area contributed by atoms with Crippen LogP contribution in [0.25, 0.3) is 0 Å². The van der Waals surface area contributed by atoms with E-state index in [2.05, 4.69) is 22.0 Å². The van der Waals surface area contributed by atoms with Gasteiger partial charge in [-0.15, -0.1) is 0 Å². The summed E-state index contributed by atoms with van der Waals surface area (Å²) in [7, 11) is 0. The molecular weight excluding hydrogens is 210 g/mol. The lowest BCUT2D eigenvalue weighted by Crippen LogP contribution is -2.52. The zero-order chi connectivity index (χ0) is 11.7. The minimum atomic E-state index is 0.756. The predicted molar refractivity (Wildman–Crippen MR) is 71.2 cm³/mol. The number of piperidine rings is 1. The van der Waals surface area contributed by atoms with Crippen LogP contribution in [-0.2, 0) is 0 Å². The monoisotopic (exact) mass is 237 g/mol. The third kappa shape index (κ3) is 3.21. The number of piperazine rings is 1. The van der Waals surface area contributed by atoms with Crippen molar-refractivity contribution in [3.63, 3.8) is 0 Å². The fraction of sp³-hybridized carbons (Fsp3) is 1.00. The summed E-state index contributed by atoms with van der Waals surface area (Å²) in [5.41, 5.74) is 0. The van der Waals surface area contributed by atoms with Crippen molar-refractivity contribution in [3.8, 4) is 0 Å². The van der Waals surface area contributed by atoms with E-state index in [0.29, 0.717) is 0 Å². The van der Waals surface area contributed by atoms with E-state index < -0.39 is 0 Å². The van der Waals surface area contributed by atoms with Crippen LogP contribution in [0.3, 0.4) is 0 Å². The van der Waals surface area contributed by atoms with Crippen molar-refractivity contribution < 1.29 is 0 Å². The van der Waals surface area contributed by atoms with Crippen LogP contribution >= 0.6 is 0 Å². The summed E-state index contributed by atoms with van der Waals surface area (Å²) in [6.07, 6.45) is 5.66. The summed E-state index contributed by atoms with van der Waals surface area (Å²) in [4.78, 5) is 5.38. The summed E-state index contributed by atoms with van der Waals surface area (Å²) in [5.74, 6) is 0.925. The van der Waals surface area contributed by atoms with Crippen molar-refractivity contribution in [2.24, 2.45) is 5.92 Å². The van der Waals surface area contributed by atoms with Crippen LogP contribution in [0.2, 0.25) is 0 Å². The minimum absolute atomic E-state index is 0.756. The maximum Gasteiger partial charge on any atom is 0.0197 e. The second kappa shape index (κ2) is 5.25. The van der Waals surface area contributed by atoms with Crippen LogP contribution in [0.1, 0.15) is 32.6 Å². The summed E-state index contributed by atoms with van der Waals surface area (Å²) in [6, 6.07) is 1.72. The van der Waals surface area contributed by atoms with Gasteiger partial charge in [-0.25, -0.2) is 0 Å². The molecule has 1 saturated carbocycles. The normalized spacial score (nSPS) is 37.2. The van der Waals surface area contributed by atoms with Gasteiger partial charge in [-0.2, -0.15) is 0 Å². The van der Waals surface area contributed by atoms with Crippen molar-refractivity contribution in [2.45, 2.75) is 44.7 Å². The van der Waals surface area contributed by atoms with Crippen LogP contribution in [0.4, 0.5) is 0 Å². The summed E-state index contributed by atoms with van der Waals surface area (Å²) >= 11 is 0. The van der Waals surface area contributed by atoms with Crippen molar-refractivity contribution in [2.75, 3.05) is 39.3 Å². The van der Waals surface area contributed by atoms with Gasteiger partial charge in [0, 0.05) is 44.8 Å². The molecule has 0 aromatic heterocycles. The maximum atomic E-state index is 3.69. The first kappa shape index (κ1) is 11.9. The Labute approximate surface area is 106 Å². The van der Waals surface area contributed by atoms with E-state index in [1.165, 1.54) is 65.0 Å². The molecule has 3 heteroatoms. The number of hydrogen-bond donors (Lipinski definition) is 1. The standard InChI is InChI=1S/C14H27N3/c1-12-4-5-15-13(10-12)11-16-6-8-17(9-7-16)14-2-3-14/h12-15H,2-11H2,1H3. The van der Waals surface area contributed by atoms with Crippen LogP contribution in [0, 0.1) is 5.92 Å². The molecule has 2 saturated heterocycles. The number of nitrogens with one attached hydrogen (secondary N) is 1. The lowest BCUT2D eigenvalue weighted by molar-refractivity contribution is 0.110. The lowest BCUT2D eigenvalue weighted by Gasteiger charge is -2.38. The first-order chi connectivity index (χ1) is 8.31. The zero-order valence-corrected chi connectivity index (χ0v) is 11.2.